The second kappa shape index (κ2) is 6.64. The molecule has 2 aliphatic rings. The summed E-state index contributed by atoms with van der Waals surface area (Å²) in [6, 6.07) is 0. The zero-order valence-corrected chi connectivity index (χ0v) is 11.7. The van der Waals surface area contributed by atoms with Crippen LogP contribution in [-0.2, 0) is 9.53 Å². The van der Waals surface area contributed by atoms with Crippen LogP contribution >= 0.6 is 0 Å². The predicted octanol–water partition coefficient (Wildman–Crippen LogP) is 0.866. The maximum atomic E-state index is 12.0. The van der Waals surface area contributed by atoms with E-state index in [2.05, 4.69) is 23.9 Å². The monoisotopic (exact) mass is 254 g/mol. The third-order valence-electron chi connectivity index (χ3n) is 4.09. The minimum absolute atomic E-state index is 0.171. The maximum absolute atomic E-state index is 12.0. The number of likely N-dealkylation sites (tertiary alicyclic amines) is 1. The summed E-state index contributed by atoms with van der Waals surface area (Å²) in [5, 5.41) is 0. The van der Waals surface area contributed by atoms with Gasteiger partial charge in [-0.15, -0.1) is 0 Å². The Kier molecular flexibility index (Phi) is 5.15. The van der Waals surface area contributed by atoms with Crippen molar-refractivity contribution >= 4 is 5.78 Å². The lowest BCUT2D eigenvalue weighted by molar-refractivity contribution is -0.124. The molecule has 2 heterocycles. The molecular formula is C14H26N2O2. The summed E-state index contributed by atoms with van der Waals surface area (Å²) >= 11 is 0. The largest absolute Gasteiger partial charge is 0.381 e. The molecule has 2 rings (SSSR count). The molecule has 4 heteroatoms. The predicted molar refractivity (Wildman–Crippen MR) is 71.7 cm³/mol. The van der Waals surface area contributed by atoms with Crippen LogP contribution in [0.15, 0.2) is 0 Å². The van der Waals surface area contributed by atoms with Crippen LogP contribution < -0.4 is 0 Å². The number of piperidine rings is 1. The number of rotatable bonds is 5. The van der Waals surface area contributed by atoms with Gasteiger partial charge in [-0.05, 0) is 52.4 Å². The number of carbonyl (C=O) groups is 1. The van der Waals surface area contributed by atoms with Crippen molar-refractivity contribution in [3.63, 3.8) is 0 Å². The van der Waals surface area contributed by atoms with Crippen molar-refractivity contribution in [3.8, 4) is 0 Å². The first-order chi connectivity index (χ1) is 8.65. The Morgan fingerprint density at radius 2 is 2.00 bits per heavy atom. The molecule has 0 N–H and O–H groups in total. The third-order valence-corrected chi connectivity index (χ3v) is 4.09. The summed E-state index contributed by atoms with van der Waals surface area (Å²) < 4.78 is 5.28. The van der Waals surface area contributed by atoms with Crippen molar-refractivity contribution in [2.45, 2.75) is 19.3 Å². The Bertz CT molecular complexity index is 267. The summed E-state index contributed by atoms with van der Waals surface area (Å²) in [7, 11) is 4.27. The van der Waals surface area contributed by atoms with E-state index in [-0.39, 0.29) is 5.92 Å². The van der Waals surface area contributed by atoms with Gasteiger partial charge in [0.25, 0.3) is 0 Å². The Balaban J connectivity index is 1.68. The molecule has 1 unspecified atom stereocenters. The number of carbonyl (C=O) groups excluding carboxylic acids is 1. The summed E-state index contributed by atoms with van der Waals surface area (Å²) in [5.74, 6) is 1.37. The molecule has 2 saturated heterocycles. The number of ether oxygens (including phenoxy) is 1. The molecule has 0 saturated carbocycles. The SMILES string of the molecule is CN(C)CC1CCN(CC(=O)C2CCOC2)CC1. The quantitative estimate of drug-likeness (QED) is 0.729. The lowest BCUT2D eigenvalue weighted by Crippen LogP contribution is -2.41. The fourth-order valence-corrected chi connectivity index (χ4v) is 2.98. The number of hydrogen-bond acceptors (Lipinski definition) is 4. The van der Waals surface area contributed by atoms with Gasteiger partial charge in [-0.2, -0.15) is 0 Å². The van der Waals surface area contributed by atoms with Gasteiger partial charge in [0.1, 0.15) is 0 Å². The molecule has 18 heavy (non-hydrogen) atoms. The van der Waals surface area contributed by atoms with E-state index in [1.165, 1.54) is 19.4 Å². The summed E-state index contributed by atoms with van der Waals surface area (Å²) in [6.45, 7) is 5.40. The summed E-state index contributed by atoms with van der Waals surface area (Å²) in [4.78, 5) is 16.6. The van der Waals surface area contributed by atoms with E-state index < -0.39 is 0 Å². The van der Waals surface area contributed by atoms with Crippen molar-refractivity contribution in [1.82, 2.24) is 9.80 Å². The van der Waals surface area contributed by atoms with Crippen LogP contribution in [0.2, 0.25) is 0 Å². The van der Waals surface area contributed by atoms with Gasteiger partial charge in [0.05, 0.1) is 13.2 Å². The lowest BCUT2D eigenvalue weighted by Gasteiger charge is -2.33. The zero-order valence-electron chi connectivity index (χ0n) is 11.7. The average molecular weight is 254 g/mol. The van der Waals surface area contributed by atoms with Crippen LogP contribution in [0.1, 0.15) is 19.3 Å². The fraction of sp³-hybridized carbons (Fsp3) is 0.929. The molecule has 1 atom stereocenters. The highest BCUT2D eigenvalue weighted by molar-refractivity contribution is 5.83. The van der Waals surface area contributed by atoms with Gasteiger partial charge in [-0.25, -0.2) is 0 Å². The highest BCUT2D eigenvalue weighted by Gasteiger charge is 2.27. The second-order valence-electron chi connectivity index (χ2n) is 6.01. The first-order valence-electron chi connectivity index (χ1n) is 7.12. The Morgan fingerprint density at radius 1 is 1.28 bits per heavy atom. The molecule has 2 aliphatic heterocycles. The summed E-state index contributed by atoms with van der Waals surface area (Å²) in [6.07, 6.45) is 3.38. The molecule has 0 aromatic heterocycles. The van der Waals surface area contributed by atoms with Crippen molar-refractivity contribution in [1.29, 1.82) is 0 Å². The minimum Gasteiger partial charge on any atom is -0.381 e. The molecule has 0 spiro atoms. The molecule has 0 radical (unpaired) electrons. The van der Waals surface area contributed by atoms with E-state index in [0.29, 0.717) is 18.9 Å². The number of Topliss-reactive ketones (excluding diaryl/α,β-unsaturated/α-hetero) is 1. The van der Waals surface area contributed by atoms with E-state index in [1.807, 2.05) is 0 Å². The molecule has 4 nitrogen and oxygen atoms in total. The van der Waals surface area contributed by atoms with Gasteiger partial charge in [0.15, 0.2) is 5.78 Å². The Labute approximate surface area is 110 Å². The van der Waals surface area contributed by atoms with Crippen LogP contribution in [0.3, 0.4) is 0 Å². The van der Waals surface area contributed by atoms with E-state index in [1.54, 1.807) is 0 Å². The van der Waals surface area contributed by atoms with Crippen molar-refractivity contribution in [2.75, 3.05) is 53.5 Å². The van der Waals surface area contributed by atoms with Crippen LogP contribution in [0, 0.1) is 11.8 Å². The van der Waals surface area contributed by atoms with E-state index in [9.17, 15) is 4.79 Å². The third kappa shape index (κ3) is 4.04. The van der Waals surface area contributed by atoms with Gasteiger partial charge >= 0.3 is 0 Å². The molecule has 0 aromatic rings. The van der Waals surface area contributed by atoms with Gasteiger partial charge < -0.3 is 9.64 Å². The van der Waals surface area contributed by atoms with Gasteiger partial charge in [-0.3, -0.25) is 9.69 Å². The van der Waals surface area contributed by atoms with Crippen molar-refractivity contribution in [2.24, 2.45) is 11.8 Å². The zero-order chi connectivity index (χ0) is 13.0. The number of ketones is 1. The highest BCUT2D eigenvalue weighted by Crippen LogP contribution is 2.19. The lowest BCUT2D eigenvalue weighted by atomic mass is 9.95. The Hall–Kier alpha value is -0.450. The van der Waals surface area contributed by atoms with Crippen LogP contribution in [0.25, 0.3) is 0 Å². The molecule has 0 bridgehead atoms. The van der Waals surface area contributed by atoms with E-state index >= 15 is 0 Å². The number of nitrogens with zero attached hydrogens (tertiary/aromatic N) is 2. The van der Waals surface area contributed by atoms with Crippen LogP contribution in [0.5, 0.6) is 0 Å². The molecule has 0 aromatic carbocycles. The molecular weight excluding hydrogens is 228 g/mol. The normalized spacial score (nSPS) is 26.9. The minimum atomic E-state index is 0.171. The smallest absolute Gasteiger partial charge is 0.152 e. The molecule has 0 aliphatic carbocycles. The molecule has 104 valence electrons. The standard InChI is InChI=1S/C14H26N2O2/c1-15(2)9-12-3-6-16(7-4-12)10-14(17)13-5-8-18-11-13/h12-13H,3-11H2,1-2H3. The van der Waals surface area contributed by atoms with Gasteiger partial charge in [-0.1, -0.05) is 0 Å². The van der Waals surface area contributed by atoms with E-state index in [4.69, 9.17) is 4.74 Å². The van der Waals surface area contributed by atoms with Crippen molar-refractivity contribution in [3.05, 3.63) is 0 Å². The second-order valence-corrected chi connectivity index (χ2v) is 6.01. The van der Waals surface area contributed by atoms with E-state index in [0.717, 1.165) is 32.0 Å². The van der Waals surface area contributed by atoms with Gasteiger partial charge in [0, 0.05) is 19.1 Å². The number of hydrogen-bond donors (Lipinski definition) is 0. The topological polar surface area (TPSA) is 32.8 Å². The van der Waals surface area contributed by atoms with Crippen LogP contribution in [-0.4, -0.2) is 69.1 Å². The highest BCUT2D eigenvalue weighted by atomic mass is 16.5. The summed E-state index contributed by atoms with van der Waals surface area (Å²) in [5.41, 5.74) is 0. The maximum Gasteiger partial charge on any atom is 0.152 e. The van der Waals surface area contributed by atoms with Crippen LogP contribution in [0.4, 0.5) is 0 Å². The van der Waals surface area contributed by atoms with Gasteiger partial charge in [0.2, 0.25) is 0 Å². The molecule has 0 amide bonds. The first-order valence-corrected chi connectivity index (χ1v) is 7.12. The molecule has 2 fully saturated rings. The fourth-order valence-electron chi connectivity index (χ4n) is 2.98. The Morgan fingerprint density at radius 3 is 2.56 bits per heavy atom. The first kappa shape index (κ1) is 14.0. The average Bonchev–Trinajstić information content (AvgIpc) is 2.84. The van der Waals surface area contributed by atoms with Crippen molar-refractivity contribution < 1.29 is 9.53 Å².